The molecule has 40 heavy (non-hydrogen) atoms. The van der Waals surface area contributed by atoms with Crippen LogP contribution in [0.4, 0.5) is 5.82 Å². The van der Waals surface area contributed by atoms with Gasteiger partial charge in [0.2, 0.25) is 10.0 Å². The first kappa shape index (κ1) is 29.2. The molecule has 12 heteroatoms. The average Bonchev–Trinajstić information content (AvgIpc) is 3.38. The van der Waals surface area contributed by atoms with E-state index in [1.165, 1.54) is 5.56 Å². The number of carbonyl (C=O) groups excluding carboxylic acids is 2. The molecule has 0 fully saturated rings. The van der Waals surface area contributed by atoms with Crippen LogP contribution in [-0.2, 0) is 38.9 Å². The van der Waals surface area contributed by atoms with Crippen molar-refractivity contribution in [2.24, 2.45) is 0 Å². The van der Waals surface area contributed by atoms with E-state index in [1.807, 2.05) is 13.0 Å². The minimum absolute atomic E-state index is 0.0626. The number of hydrogen-bond donors (Lipinski definition) is 3. The zero-order chi connectivity index (χ0) is 28.9. The van der Waals surface area contributed by atoms with Gasteiger partial charge in [-0.2, -0.15) is 4.72 Å². The molecule has 1 amide bonds. The number of anilines is 1. The molecule has 1 aromatic carbocycles. The molecule has 0 spiro atoms. The second kappa shape index (κ2) is 12.6. The number of pyridine rings is 1. The third-order valence-electron chi connectivity index (χ3n) is 6.65. The lowest BCUT2D eigenvalue weighted by Crippen LogP contribution is -2.49. The molecule has 3 heterocycles. The third-order valence-corrected chi connectivity index (χ3v) is 8.43. The monoisotopic (exact) mass is 568 g/mol. The molecule has 1 atom stereocenters. The van der Waals surface area contributed by atoms with E-state index in [-0.39, 0.29) is 23.7 Å². The standard InChI is InChI=1S/C28H36N6O5S/c1-5-39-28(36)23(33-40(37,38)25-19(3)13-18(2)14-20(25)4)15-30-27(35)24-16-34(17-31-24)12-10-22-9-8-21-7-6-11-29-26(21)32-22/h8-9,13-14,16-17,23,33H,5-7,10-12,15H2,1-4H3,(H,29,32)(H,30,35)/t23-/m0/s1. The molecule has 0 saturated heterocycles. The fourth-order valence-electron chi connectivity index (χ4n) is 4.89. The van der Waals surface area contributed by atoms with E-state index in [2.05, 4.69) is 26.4 Å². The van der Waals surface area contributed by atoms with Gasteiger partial charge in [-0.1, -0.05) is 23.8 Å². The summed E-state index contributed by atoms with van der Waals surface area (Å²) < 4.78 is 35.7. The first-order chi connectivity index (χ1) is 19.1. The lowest BCUT2D eigenvalue weighted by molar-refractivity contribution is -0.144. The van der Waals surface area contributed by atoms with Crippen molar-refractivity contribution in [2.45, 2.75) is 64.4 Å². The van der Waals surface area contributed by atoms with Crippen molar-refractivity contribution < 1.29 is 22.7 Å². The molecule has 4 rings (SSSR count). The summed E-state index contributed by atoms with van der Waals surface area (Å²) in [4.78, 5) is 34.4. The van der Waals surface area contributed by atoms with E-state index in [1.54, 1.807) is 50.0 Å². The van der Waals surface area contributed by atoms with Gasteiger partial charge in [0.05, 0.1) is 17.8 Å². The molecule has 11 nitrogen and oxygen atoms in total. The van der Waals surface area contributed by atoms with E-state index in [0.717, 1.165) is 36.5 Å². The molecular weight excluding hydrogens is 532 g/mol. The highest BCUT2D eigenvalue weighted by atomic mass is 32.2. The van der Waals surface area contributed by atoms with Gasteiger partial charge in [-0.15, -0.1) is 0 Å². The van der Waals surface area contributed by atoms with Crippen LogP contribution in [0.15, 0.2) is 41.7 Å². The third kappa shape index (κ3) is 7.05. The Kier molecular flexibility index (Phi) is 9.21. The molecule has 0 unspecified atom stereocenters. The van der Waals surface area contributed by atoms with Crippen molar-refractivity contribution >= 4 is 27.7 Å². The highest BCUT2D eigenvalue weighted by Gasteiger charge is 2.29. The number of amides is 1. The van der Waals surface area contributed by atoms with Crippen molar-refractivity contribution in [3.63, 3.8) is 0 Å². The normalized spacial score (nSPS) is 13.7. The van der Waals surface area contributed by atoms with Crippen LogP contribution in [0.1, 0.15) is 51.8 Å². The predicted molar refractivity (Wildman–Crippen MR) is 151 cm³/mol. The number of carbonyl (C=O) groups is 2. The summed E-state index contributed by atoms with van der Waals surface area (Å²) in [5.74, 6) is -0.383. The topological polar surface area (TPSA) is 144 Å². The van der Waals surface area contributed by atoms with Crippen molar-refractivity contribution in [3.8, 4) is 0 Å². The lowest BCUT2D eigenvalue weighted by atomic mass is 10.1. The number of ether oxygens (including phenoxy) is 1. The van der Waals surface area contributed by atoms with Gasteiger partial charge >= 0.3 is 5.97 Å². The fourth-order valence-corrected chi connectivity index (χ4v) is 6.53. The first-order valence-corrected chi connectivity index (χ1v) is 14.8. The Morgan fingerprint density at radius 3 is 2.65 bits per heavy atom. The highest BCUT2D eigenvalue weighted by molar-refractivity contribution is 7.89. The first-order valence-electron chi connectivity index (χ1n) is 13.4. The summed E-state index contributed by atoms with van der Waals surface area (Å²) in [5, 5.41) is 5.94. The number of aryl methyl sites for hydroxylation is 6. The second-order valence-electron chi connectivity index (χ2n) is 9.95. The molecule has 2 aromatic heterocycles. The summed E-state index contributed by atoms with van der Waals surface area (Å²) in [7, 11) is -4.08. The zero-order valence-corrected chi connectivity index (χ0v) is 24.1. The maximum absolute atomic E-state index is 13.2. The molecule has 0 radical (unpaired) electrons. The molecule has 1 aliphatic heterocycles. The van der Waals surface area contributed by atoms with Gasteiger partial charge in [-0.05, 0) is 63.3 Å². The van der Waals surface area contributed by atoms with E-state index >= 15 is 0 Å². The van der Waals surface area contributed by atoms with Gasteiger partial charge in [-0.25, -0.2) is 18.4 Å². The van der Waals surface area contributed by atoms with E-state index in [9.17, 15) is 18.0 Å². The van der Waals surface area contributed by atoms with E-state index in [4.69, 9.17) is 9.72 Å². The van der Waals surface area contributed by atoms with Crippen LogP contribution in [0.3, 0.4) is 0 Å². The quantitative estimate of drug-likeness (QED) is 0.299. The van der Waals surface area contributed by atoms with Crippen LogP contribution in [0.25, 0.3) is 0 Å². The molecular formula is C28H36N6O5S. The van der Waals surface area contributed by atoms with Crippen LogP contribution >= 0.6 is 0 Å². The molecule has 3 aromatic rings. The fraction of sp³-hybridized carbons (Fsp3) is 0.429. The van der Waals surface area contributed by atoms with Crippen LogP contribution < -0.4 is 15.4 Å². The van der Waals surface area contributed by atoms with Crippen molar-refractivity contribution in [1.82, 2.24) is 24.6 Å². The maximum Gasteiger partial charge on any atom is 0.326 e. The molecule has 0 bridgehead atoms. The average molecular weight is 569 g/mol. The van der Waals surface area contributed by atoms with Crippen LogP contribution in [0.5, 0.6) is 0 Å². The van der Waals surface area contributed by atoms with Crippen LogP contribution in [-0.4, -0.2) is 60.6 Å². The van der Waals surface area contributed by atoms with Crippen LogP contribution in [0, 0.1) is 20.8 Å². The molecule has 214 valence electrons. The van der Waals surface area contributed by atoms with Crippen molar-refractivity contribution in [1.29, 1.82) is 0 Å². The zero-order valence-electron chi connectivity index (χ0n) is 23.3. The number of hydrogen-bond acceptors (Lipinski definition) is 8. The minimum Gasteiger partial charge on any atom is -0.465 e. The number of nitrogens with zero attached hydrogens (tertiary/aromatic N) is 3. The summed E-state index contributed by atoms with van der Waals surface area (Å²) in [5.41, 5.74) is 4.36. The number of benzene rings is 1. The number of imidazole rings is 1. The van der Waals surface area contributed by atoms with Crippen molar-refractivity contribution in [3.05, 3.63) is 70.4 Å². The minimum atomic E-state index is -4.08. The molecule has 1 aliphatic rings. The summed E-state index contributed by atoms with van der Waals surface area (Å²) in [6, 6.07) is 6.33. The Hall–Kier alpha value is -3.77. The highest BCUT2D eigenvalue weighted by Crippen LogP contribution is 2.22. The van der Waals surface area contributed by atoms with Crippen LogP contribution in [0.2, 0.25) is 0 Å². The van der Waals surface area contributed by atoms with Gasteiger partial charge < -0.3 is 19.9 Å². The summed E-state index contributed by atoms with van der Waals surface area (Å²) in [6.45, 7) is 8.16. The Balaban J connectivity index is 1.39. The number of rotatable bonds is 11. The smallest absolute Gasteiger partial charge is 0.326 e. The van der Waals surface area contributed by atoms with E-state index in [0.29, 0.717) is 24.1 Å². The van der Waals surface area contributed by atoms with Gasteiger partial charge in [0.25, 0.3) is 5.91 Å². The van der Waals surface area contributed by atoms with E-state index < -0.39 is 27.9 Å². The largest absolute Gasteiger partial charge is 0.465 e. The predicted octanol–water partition coefficient (Wildman–Crippen LogP) is 2.44. The summed E-state index contributed by atoms with van der Waals surface area (Å²) in [6.07, 6.45) is 5.96. The second-order valence-corrected chi connectivity index (χ2v) is 11.6. The maximum atomic E-state index is 13.2. The Bertz CT molecular complexity index is 1480. The van der Waals surface area contributed by atoms with Crippen molar-refractivity contribution in [2.75, 3.05) is 25.0 Å². The SMILES string of the molecule is CCOC(=O)[C@H](CNC(=O)c1cn(CCc2ccc3c(n2)NCCC3)cn1)NS(=O)(=O)c1c(C)cc(C)cc1C. The lowest BCUT2D eigenvalue weighted by Gasteiger charge is -2.19. The van der Waals surface area contributed by atoms with Gasteiger partial charge in [0, 0.05) is 37.9 Å². The number of sulfonamides is 1. The Morgan fingerprint density at radius 2 is 1.93 bits per heavy atom. The molecule has 0 saturated carbocycles. The summed E-state index contributed by atoms with van der Waals surface area (Å²) >= 11 is 0. The number of esters is 1. The molecule has 0 aliphatic carbocycles. The van der Waals surface area contributed by atoms with Gasteiger partial charge in [0.1, 0.15) is 17.6 Å². The number of nitrogens with one attached hydrogen (secondary N) is 3. The van der Waals surface area contributed by atoms with Gasteiger partial charge in [-0.3, -0.25) is 9.59 Å². The molecule has 3 N–H and O–H groups in total. The Labute approximate surface area is 234 Å². The Morgan fingerprint density at radius 1 is 1.18 bits per heavy atom. The number of fused-ring (bicyclic) bond motifs is 1. The number of aromatic nitrogens is 3. The van der Waals surface area contributed by atoms with Gasteiger partial charge in [0.15, 0.2) is 0 Å².